The topological polar surface area (TPSA) is 44.5 Å². The smallest absolute Gasteiger partial charge is 0.533 e. The van der Waals surface area contributed by atoms with Crippen molar-refractivity contribution in [2.24, 2.45) is 5.73 Å². The molecule has 0 bridgehead atoms. The van der Waals surface area contributed by atoms with Gasteiger partial charge < -0.3 is 15.0 Å². The van der Waals surface area contributed by atoms with Gasteiger partial charge in [-0.3, -0.25) is 0 Å². The number of benzene rings is 1. The summed E-state index contributed by atoms with van der Waals surface area (Å²) >= 11 is 0. The van der Waals surface area contributed by atoms with Crippen molar-refractivity contribution in [2.45, 2.75) is 6.54 Å². The largest absolute Gasteiger partial charge is 0.657 e. The van der Waals surface area contributed by atoms with E-state index < -0.39 is 0 Å². The third-order valence-electron chi connectivity index (χ3n) is 1.47. The van der Waals surface area contributed by atoms with Crippen LogP contribution in [0.2, 0.25) is 0 Å². The predicted molar refractivity (Wildman–Crippen MR) is 52.0 cm³/mol. The van der Waals surface area contributed by atoms with Gasteiger partial charge in [-0.1, -0.05) is 18.7 Å². The van der Waals surface area contributed by atoms with Crippen molar-refractivity contribution in [2.75, 3.05) is 0 Å². The average molecular weight is 176 g/mol. The third-order valence-corrected chi connectivity index (χ3v) is 1.47. The lowest BCUT2D eigenvalue weighted by Crippen LogP contribution is -2.04. The zero-order chi connectivity index (χ0) is 9.52. The molecule has 0 aliphatic rings. The van der Waals surface area contributed by atoms with Crippen LogP contribution in [0, 0.1) is 0 Å². The van der Waals surface area contributed by atoms with Crippen molar-refractivity contribution in [1.82, 2.24) is 0 Å². The van der Waals surface area contributed by atoms with E-state index >= 15 is 0 Å². The SMILES string of the molecule is C=CO[B]Oc1cccc(CN)c1. The van der Waals surface area contributed by atoms with E-state index in [-0.39, 0.29) is 0 Å². The van der Waals surface area contributed by atoms with Gasteiger partial charge in [0.1, 0.15) is 5.75 Å². The molecule has 0 saturated carbocycles. The van der Waals surface area contributed by atoms with E-state index in [1.54, 1.807) is 0 Å². The molecular weight excluding hydrogens is 165 g/mol. The lowest BCUT2D eigenvalue weighted by Gasteiger charge is -2.04. The van der Waals surface area contributed by atoms with Crippen LogP contribution in [0.15, 0.2) is 37.1 Å². The Morgan fingerprint density at radius 2 is 2.38 bits per heavy atom. The normalized spacial score (nSPS) is 9.00. The Hall–Kier alpha value is -1.42. The Morgan fingerprint density at radius 3 is 3.08 bits per heavy atom. The van der Waals surface area contributed by atoms with E-state index in [1.165, 1.54) is 13.9 Å². The van der Waals surface area contributed by atoms with Crippen LogP contribution in [0.5, 0.6) is 5.75 Å². The van der Waals surface area contributed by atoms with E-state index in [0.717, 1.165) is 5.56 Å². The lowest BCUT2D eigenvalue weighted by atomic mass is 10.2. The zero-order valence-electron chi connectivity index (χ0n) is 7.27. The minimum atomic E-state index is 0.500. The molecule has 2 N–H and O–H groups in total. The molecule has 0 heterocycles. The van der Waals surface area contributed by atoms with Gasteiger partial charge in [-0.05, 0) is 17.7 Å². The summed E-state index contributed by atoms with van der Waals surface area (Å²) in [6, 6.07) is 7.48. The number of rotatable bonds is 5. The molecule has 1 aromatic carbocycles. The van der Waals surface area contributed by atoms with Gasteiger partial charge in [0.2, 0.25) is 0 Å². The van der Waals surface area contributed by atoms with Crippen molar-refractivity contribution in [3.8, 4) is 5.75 Å². The van der Waals surface area contributed by atoms with E-state index in [9.17, 15) is 0 Å². The van der Waals surface area contributed by atoms with Gasteiger partial charge >= 0.3 is 7.69 Å². The maximum Gasteiger partial charge on any atom is 0.657 e. The standard InChI is InChI=1S/C9H11BNO2/c1-2-12-10-13-9-5-3-4-8(6-9)7-11/h2-6H,1,7,11H2. The zero-order valence-corrected chi connectivity index (χ0v) is 7.27. The molecule has 0 spiro atoms. The summed E-state index contributed by atoms with van der Waals surface area (Å²) in [4.78, 5) is 0. The monoisotopic (exact) mass is 176 g/mol. The van der Waals surface area contributed by atoms with Crippen LogP contribution in [0.25, 0.3) is 0 Å². The molecule has 13 heavy (non-hydrogen) atoms. The summed E-state index contributed by atoms with van der Waals surface area (Å²) in [6.07, 6.45) is 1.28. The van der Waals surface area contributed by atoms with Gasteiger partial charge in [-0.15, -0.1) is 0 Å². The first-order valence-electron chi connectivity index (χ1n) is 3.90. The van der Waals surface area contributed by atoms with E-state index in [1.807, 2.05) is 24.3 Å². The summed E-state index contributed by atoms with van der Waals surface area (Å²) in [5.74, 6) is 0.699. The second-order valence-corrected chi connectivity index (χ2v) is 2.37. The molecule has 4 heteroatoms. The van der Waals surface area contributed by atoms with Crippen LogP contribution < -0.4 is 10.4 Å². The molecule has 1 rings (SSSR count). The van der Waals surface area contributed by atoms with Crippen LogP contribution in [-0.2, 0) is 11.2 Å². The summed E-state index contributed by atoms with van der Waals surface area (Å²) < 4.78 is 9.81. The van der Waals surface area contributed by atoms with Gasteiger partial charge in [0.15, 0.2) is 0 Å². The Morgan fingerprint density at radius 1 is 1.54 bits per heavy atom. The number of nitrogens with two attached hydrogens (primary N) is 1. The Balaban J connectivity index is 2.50. The minimum Gasteiger partial charge on any atom is -0.533 e. The fourth-order valence-corrected chi connectivity index (χ4v) is 0.868. The molecule has 1 aromatic rings. The van der Waals surface area contributed by atoms with Crippen LogP contribution in [0.3, 0.4) is 0 Å². The first kappa shape index (κ1) is 9.67. The minimum absolute atomic E-state index is 0.500. The molecule has 1 radical (unpaired) electrons. The Labute approximate surface area is 78.5 Å². The molecule has 0 unspecified atom stereocenters. The highest BCUT2D eigenvalue weighted by atomic mass is 16.6. The average Bonchev–Trinajstić information content (AvgIpc) is 2.19. The molecule has 0 amide bonds. The summed E-state index contributed by atoms with van der Waals surface area (Å²) in [6.45, 7) is 3.87. The highest BCUT2D eigenvalue weighted by Gasteiger charge is 1.98. The van der Waals surface area contributed by atoms with Crippen molar-refractivity contribution >= 4 is 7.69 Å². The molecule has 3 nitrogen and oxygen atoms in total. The van der Waals surface area contributed by atoms with Crippen LogP contribution in [0.1, 0.15) is 5.56 Å². The van der Waals surface area contributed by atoms with Gasteiger partial charge in [0, 0.05) is 6.54 Å². The van der Waals surface area contributed by atoms with Gasteiger partial charge in [-0.2, -0.15) is 0 Å². The fraction of sp³-hybridized carbons (Fsp3) is 0.111. The van der Waals surface area contributed by atoms with Crippen molar-refractivity contribution in [3.63, 3.8) is 0 Å². The first-order chi connectivity index (χ1) is 6.36. The van der Waals surface area contributed by atoms with Gasteiger partial charge in [0.25, 0.3) is 0 Å². The molecular formula is C9H11BNO2. The second-order valence-electron chi connectivity index (χ2n) is 2.37. The predicted octanol–water partition coefficient (Wildman–Crippen LogP) is 1.22. The summed E-state index contributed by atoms with van der Waals surface area (Å²) in [7, 11) is 1.21. The molecule has 0 aliphatic heterocycles. The first-order valence-corrected chi connectivity index (χ1v) is 3.90. The van der Waals surface area contributed by atoms with E-state index in [4.69, 9.17) is 15.0 Å². The third kappa shape index (κ3) is 3.21. The second kappa shape index (κ2) is 5.27. The van der Waals surface area contributed by atoms with E-state index in [0.29, 0.717) is 12.3 Å². The number of hydrogen-bond donors (Lipinski definition) is 1. The molecule has 0 aliphatic carbocycles. The Bertz CT molecular complexity index is 278. The van der Waals surface area contributed by atoms with Crippen LogP contribution in [-0.4, -0.2) is 7.69 Å². The van der Waals surface area contributed by atoms with Crippen molar-refractivity contribution in [1.29, 1.82) is 0 Å². The highest BCUT2D eigenvalue weighted by Crippen LogP contribution is 2.12. The molecule has 67 valence electrons. The van der Waals surface area contributed by atoms with Crippen LogP contribution >= 0.6 is 0 Å². The van der Waals surface area contributed by atoms with Crippen molar-refractivity contribution < 1.29 is 9.31 Å². The summed E-state index contributed by atoms with van der Waals surface area (Å²) in [5.41, 5.74) is 6.48. The van der Waals surface area contributed by atoms with Gasteiger partial charge in [-0.25, -0.2) is 0 Å². The highest BCUT2D eigenvalue weighted by molar-refractivity contribution is 6.19. The van der Waals surface area contributed by atoms with Crippen LogP contribution in [0.4, 0.5) is 0 Å². The Kier molecular flexibility index (Phi) is 3.92. The summed E-state index contributed by atoms with van der Waals surface area (Å²) in [5, 5.41) is 0. The maximum atomic E-state index is 5.46. The van der Waals surface area contributed by atoms with Crippen molar-refractivity contribution in [3.05, 3.63) is 42.7 Å². The quantitative estimate of drug-likeness (QED) is 0.416. The fourth-order valence-electron chi connectivity index (χ4n) is 0.868. The maximum absolute atomic E-state index is 5.46. The molecule has 0 saturated heterocycles. The molecule has 0 fully saturated rings. The number of hydrogen-bond acceptors (Lipinski definition) is 3. The lowest BCUT2D eigenvalue weighted by molar-refractivity contribution is 0.413. The van der Waals surface area contributed by atoms with Gasteiger partial charge in [0.05, 0.1) is 6.26 Å². The van der Waals surface area contributed by atoms with E-state index in [2.05, 4.69) is 6.58 Å². The molecule has 0 atom stereocenters. The molecule has 0 aromatic heterocycles.